The predicted octanol–water partition coefficient (Wildman–Crippen LogP) is 2.86. The third-order valence-corrected chi connectivity index (χ3v) is 4.24. The molecule has 0 amide bonds. The number of hydrogen-bond donors (Lipinski definition) is 3. The van der Waals surface area contributed by atoms with Crippen LogP contribution in [0.5, 0.6) is 0 Å². The highest BCUT2D eigenvalue weighted by molar-refractivity contribution is 5.79. The molecule has 0 radical (unpaired) electrons. The van der Waals surface area contributed by atoms with Gasteiger partial charge in [0.25, 0.3) is 0 Å². The Labute approximate surface area is 146 Å². The Balaban J connectivity index is 1.90. The van der Waals surface area contributed by atoms with Gasteiger partial charge in [-0.3, -0.25) is 4.99 Å². The lowest BCUT2D eigenvalue weighted by atomic mass is 10.0. The number of anilines is 1. The summed E-state index contributed by atoms with van der Waals surface area (Å²) in [6.45, 7) is 9.83. The van der Waals surface area contributed by atoms with Crippen molar-refractivity contribution in [3.63, 3.8) is 0 Å². The fraction of sp³-hybridized carbons (Fsp3) is 0.632. The van der Waals surface area contributed by atoms with Crippen LogP contribution in [0, 0.1) is 5.92 Å². The van der Waals surface area contributed by atoms with Crippen molar-refractivity contribution in [1.82, 2.24) is 10.6 Å². The Bertz CT molecular complexity index is 483. The molecule has 0 saturated carbocycles. The third-order valence-electron chi connectivity index (χ3n) is 4.24. The van der Waals surface area contributed by atoms with Crippen LogP contribution in [0.4, 0.5) is 5.69 Å². The lowest BCUT2D eigenvalue weighted by molar-refractivity contribution is 0.114. The maximum absolute atomic E-state index is 5.67. The quantitative estimate of drug-likeness (QED) is 0.506. The van der Waals surface area contributed by atoms with Gasteiger partial charge in [-0.1, -0.05) is 32.0 Å². The number of nitrogens with zero attached hydrogens (tertiary/aromatic N) is 1. The SMILES string of the molecule is CCNC(=NCC(Nc1ccccc1)C(C)C)NCC1CCCO1. The van der Waals surface area contributed by atoms with Gasteiger partial charge in [0.15, 0.2) is 5.96 Å². The zero-order valence-corrected chi connectivity index (χ0v) is 15.2. The number of guanidine groups is 1. The monoisotopic (exact) mass is 332 g/mol. The predicted molar refractivity (Wildman–Crippen MR) is 102 cm³/mol. The molecular formula is C19H32N4O. The summed E-state index contributed by atoms with van der Waals surface area (Å²) in [5.74, 6) is 1.36. The van der Waals surface area contributed by atoms with Crippen molar-refractivity contribution in [2.24, 2.45) is 10.9 Å². The molecule has 3 N–H and O–H groups in total. The first kappa shape index (κ1) is 18.6. The molecule has 1 heterocycles. The number of ether oxygens (including phenoxy) is 1. The number of benzene rings is 1. The van der Waals surface area contributed by atoms with E-state index in [2.05, 4.69) is 61.0 Å². The molecule has 2 unspecified atom stereocenters. The molecule has 134 valence electrons. The minimum absolute atomic E-state index is 0.297. The van der Waals surface area contributed by atoms with Crippen LogP contribution >= 0.6 is 0 Å². The molecule has 1 aromatic rings. The topological polar surface area (TPSA) is 57.7 Å². The van der Waals surface area contributed by atoms with E-state index in [4.69, 9.17) is 9.73 Å². The Morgan fingerprint density at radius 1 is 1.25 bits per heavy atom. The van der Waals surface area contributed by atoms with Crippen LogP contribution < -0.4 is 16.0 Å². The average molecular weight is 332 g/mol. The fourth-order valence-corrected chi connectivity index (χ4v) is 2.72. The zero-order valence-electron chi connectivity index (χ0n) is 15.2. The highest BCUT2D eigenvalue weighted by atomic mass is 16.5. The smallest absolute Gasteiger partial charge is 0.191 e. The minimum Gasteiger partial charge on any atom is -0.380 e. The van der Waals surface area contributed by atoms with E-state index in [1.165, 1.54) is 0 Å². The number of rotatable bonds is 8. The largest absolute Gasteiger partial charge is 0.380 e. The Hall–Kier alpha value is -1.75. The second-order valence-corrected chi connectivity index (χ2v) is 6.60. The Kier molecular flexibility index (Phi) is 7.89. The van der Waals surface area contributed by atoms with Crippen LogP contribution in [0.3, 0.4) is 0 Å². The van der Waals surface area contributed by atoms with Gasteiger partial charge in [0, 0.05) is 31.4 Å². The van der Waals surface area contributed by atoms with E-state index in [9.17, 15) is 0 Å². The van der Waals surface area contributed by atoms with Crippen LogP contribution in [0.25, 0.3) is 0 Å². The van der Waals surface area contributed by atoms with Crippen molar-refractivity contribution in [2.75, 3.05) is 31.6 Å². The summed E-state index contributed by atoms with van der Waals surface area (Å²) in [5, 5.41) is 10.3. The molecular weight excluding hydrogens is 300 g/mol. The van der Waals surface area contributed by atoms with Crippen molar-refractivity contribution in [3.05, 3.63) is 30.3 Å². The molecule has 1 aliphatic heterocycles. The number of aliphatic imine (C=N–C) groups is 1. The number of hydrogen-bond acceptors (Lipinski definition) is 3. The molecule has 0 bridgehead atoms. The third kappa shape index (κ3) is 6.40. The molecule has 0 aliphatic carbocycles. The molecule has 1 aliphatic rings. The maximum atomic E-state index is 5.67. The molecule has 0 spiro atoms. The van der Waals surface area contributed by atoms with Crippen molar-refractivity contribution < 1.29 is 4.74 Å². The van der Waals surface area contributed by atoms with Gasteiger partial charge in [-0.25, -0.2) is 0 Å². The standard InChI is InChI=1S/C19H32N4O/c1-4-20-19(21-13-17-11-8-12-24-17)22-14-18(15(2)3)23-16-9-6-5-7-10-16/h5-7,9-10,15,17-18,23H,4,8,11-14H2,1-3H3,(H2,20,21,22). The van der Waals surface area contributed by atoms with Crippen molar-refractivity contribution in [1.29, 1.82) is 0 Å². The fourth-order valence-electron chi connectivity index (χ4n) is 2.72. The molecule has 1 fully saturated rings. The second-order valence-electron chi connectivity index (χ2n) is 6.60. The zero-order chi connectivity index (χ0) is 17.2. The van der Waals surface area contributed by atoms with E-state index in [0.29, 0.717) is 18.1 Å². The number of para-hydroxylation sites is 1. The number of nitrogens with one attached hydrogen (secondary N) is 3. The summed E-state index contributed by atoms with van der Waals surface area (Å²) in [7, 11) is 0. The van der Waals surface area contributed by atoms with Gasteiger partial charge in [-0.15, -0.1) is 0 Å². The van der Waals surface area contributed by atoms with Crippen LogP contribution in [-0.2, 0) is 4.74 Å². The Morgan fingerprint density at radius 3 is 2.67 bits per heavy atom. The van der Waals surface area contributed by atoms with Gasteiger partial charge in [-0.2, -0.15) is 0 Å². The normalized spacial score (nSPS) is 19.3. The first-order chi connectivity index (χ1) is 11.7. The van der Waals surface area contributed by atoms with Crippen molar-refractivity contribution in [3.8, 4) is 0 Å². The summed E-state index contributed by atoms with van der Waals surface area (Å²) in [4.78, 5) is 4.77. The van der Waals surface area contributed by atoms with Gasteiger partial charge in [0.2, 0.25) is 0 Å². The van der Waals surface area contributed by atoms with Gasteiger partial charge < -0.3 is 20.7 Å². The molecule has 2 atom stereocenters. The lowest BCUT2D eigenvalue weighted by Crippen LogP contribution is -2.42. The molecule has 5 nitrogen and oxygen atoms in total. The Morgan fingerprint density at radius 2 is 2.04 bits per heavy atom. The minimum atomic E-state index is 0.297. The van der Waals surface area contributed by atoms with Gasteiger partial charge in [0.05, 0.1) is 12.6 Å². The highest BCUT2D eigenvalue weighted by Gasteiger charge is 2.16. The molecule has 5 heteroatoms. The molecule has 2 rings (SSSR count). The first-order valence-electron chi connectivity index (χ1n) is 9.14. The van der Waals surface area contributed by atoms with Crippen molar-refractivity contribution >= 4 is 11.6 Å². The average Bonchev–Trinajstić information content (AvgIpc) is 3.10. The first-order valence-corrected chi connectivity index (χ1v) is 9.14. The maximum Gasteiger partial charge on any atom is 0.191 e. The molecule has 24 heavy (non-hydrogen) atoms. The summed E-state index contributed by atoms with van der Waals surface area (Å²) >= 11 is 0. The summed E-state index contributed by atoms with van der Waals surface area (Å²) in [6.07, 6.45) is 2.62. The van der Waals surface area contributed by atoms with Crippen LogP contribution in [0.1, 0.15) is 33.6 Å². The van der Waals surface area contributed by atoms with Gasteiger partial charge >= 0.3 is 0 Å². The van der Waals surface area contributed by atoms with Crippen LogP contribution in [0.2, 0.25) is 0 Å². The van der Waals surface area contributed by atoms with E-state index in [0.717, 1.165) is 50.7 Å². The van der Waals surface area contributed by atoms with E-state index in [1.54, 1.807) is 0 Å². The summed E-state index contributed by atoms with van der Waals surface area (Å²) in [5.41, 5.74) is 1.14. The van der Waals surface area contributed by atoms with E-state index in [-0.39, 0.29) is 0 Å². The van der Waals surface area contributed by atoms with Gasteiger partial charge in [0.1, 0.15) is 0 Å². The summed E-state index contributed by atoms with van der Waals surface area (Å²) in [6, 6.07) is 10.6. The molecule has 1 saturated heterocycles. The van der Waals surface area contributed by atoms with Crippen LogP contribution in [-0.4, -0.2) is 44.3 Å². The van der Waals surface area contributed by atoms with Crippen LogP contribution in [0.15, 0.2) is 35.3 Å². The highest BCUT2D eigenvalue weighted by Crippen LogP contribution is 2.13. The summed E-state index contributed by atoms with van der Waals surface area (Å²) < 4.78 is 5.67. The van der Waals surface area contributed by atoms with Gasteiger partial charge in [-0.05, 0) is 37.8 Å². The van der Waals surface area contributed by atoms with E-state index >= 15 is 0 Å². The molecule has 1 aromatic carbocycles. The van der Waals surface area contributed by atoms with E-state index < -0.39 is 0 Å². The lowest BCUT2D eigenvalue weighted by Gasteiger charge is -2.23. The van der Waals surface area contributed by atoms with Crippen molar-refractivity contribution in [2.45, 2.75) is 45.8 Å². The second kappa shape index (κ2) is 10.2. The van der Waals surface area contributed by atoms with E-state index in [1.807, 2.05) is 6.07 Å². The molecule has 0 aromatic heterocycles.